The van der Waals surface area contributed by atoms with Crippen molar-refractivity contribution in [2.24, 2.45) is 0 Å². The van der Waals surface area contributed by atoms with Gasteiger partial charge in [-0.1, -0.05) is 11.6 Å². The van der Waals surface area contributed by atoms with Crippen molar-refractivity contribution in [1.82, 2.24) is 4.73 Å². The van der Waals surface area contributed by atoms with Crippen molar-refractivity contribution in [1.29, 1.82) is 5.26 Å². The van der Waals surface area contributed by atoms with Gasteiger partial charge in [-0.15, -0.1) is 9.46 Å². The molecule has 17 heavy (non-hydrogen) atoms. The first-order valence-electron chi connectivity index (χ1n) is 4.55. The molecule has 0 saturated carbocycles. The van der Waals surface area contributed by atoms with Crippen LogP contribution >= 0.6 is 11.6 Å². The van der Waals surface area contributed by atoms with Crippen LogP contribution in [0.5, 0.6) is 0 Å². The van der Waals surface area contributed by atoms with Crippen molar-refractivity contribution in [2.75, 3.05) is 0 Å². The van der Waals surface area contributed by atoms with Crippen molar-refractivity contribution in [3.05, 3.63) is 44.0 Å². The second-order valence-electron chi connectivity index (χ2n) is 3.46. The highest BCUT2D eigenvalue weighted by Gasteiger charge is 2.21. The van der Waals surface area contributed by atoms with Crippen LogP contribution in [0.3, 0.4) is 0 Å². The predicted octanol–water partition coefficient (Wildman–Crippen LogP) is 0.706. The Morgan fingerprint density at radius 2 is 2.24 bits per heavy atom. The minimum atomic E-state index is -1.07. The topological polar surface area (TPSA) is 93.0 Å². The lowest BCUT2D eigenvalue weighted by Crippen LogP contribution is -2.42. The summed E-state index contributed by atoms with van der Waals surface area (Å²) in [6, 6.07) is 4.15. The van der Waals surface area contributed by atoms with E-state index < -0.39 is 11.3 Å². The van der Waals surface area contributed by atoms with Gasteiger partial charge in [-0.3, -0.25) is 4.79 Å². The molecule has 0 radical (unpaired) electrons. The molecule has 0 spiro atoms. The minimum absolute atomic E-state index is 0.00514. The van der Waals surface area contributed by atoms with Gasteiger partial charge < -0.3 is 10.4 Å². The summed E-state index contributed by atoms with van der Waals surface area (Å²) in [6.45, 7) is 1.67. The third kappa shape index (κ3) is 1.48. The minimum Gasteiger partial charge on any atom is -0.617 e. The van der Waals surface area contributed by atoms with Gasteiger partial charge in [0, 0.05) is 11.1 Å². The Balaban J connectivity index is 3.11. The van der Waals surface area contributed by atoms with Gasteiger partial charge in [0.2, 0.25) is 5.52 Å². The van der Waals surface area contributed by atoms with Gasteiger partial charge in [0.05, 0.1) is 0 Å². The molecule has 0 unspecified atom stereocenters. The molecule has 0 aliphatic rings. The Hall–Kier alpha value is -2.26. The smallest absolute Gasteiger partial charge is 0.368 e. The fourth-order valence-corrected chi connectivity index (χ4v) is 1.66. The lowest BCUT2D eigenvalue weighted by Gasteiger charge is -2.07. The number of aromatic nitrogens is 2. The van der Waals surface area contributed by atoms with Gasteiger partial charge in [-0.2, -0.15) is 5.26 Å². The van der Waals surface area contributed by atoms with E-state index in [1.54, 1.807) is 6.92 Å². The van der Waals surface area contributed by atoms with Gasteiger partial charge in [-0.05, 0) is 18.6 Å². The average molecular weight is 252 g/mol. The zero-order chi connectivity index (χ0) is 12.7. The zero-order valence-electron chi connectivity index (χ0n) is 8.64. The number of rotatable bonds is 0. The molecule has 86 valence electrons. The van der Waals surface area contributed by atoms with Crippen LogP contribution in [0.15, 0.2) is 16.9 Å². The quantitative estimate of drug-likeness (QED) is 0.424. The van der Waals surface area contributed by atoms with E-state index >= 15 is 0 Å². The summed E-state index contributed by atoms with van der Waals surface area (Å²) in [5, 5.41) is 30.3. The molecule has 6 nitrogen and oxygen atoms in total. The number of halogens is 1. The third-order valence-corrected chi connectivity index (χ3v) is 2.81. The van der Waals surface area contributed by atoms with Crippen LogP contribution in [0.25, 0.3) is 11.0 Å². The summed E-state index contributed by atoms with van der Waals surface area (Å²) in [5.74, 6) is 0. The molecule has 1 heterocycles. The molecule has 0 aliphatic heterocycles. The summed E-state index contributed by atoms with van der Waals surface area (Å²) >= 11 is 5.84. The molecule has 0 bridgehead atoms. The molecular weight excluding hydrogens is 246 g/mol. The average Bonchev–Trinajstić information content (AvgIpc) is 2.30. The standard InChI is InChI=1S/C10H6ClN3O3/c1-5-2-7-8(3-6(5)11)14(17)10(15)9(4-12)13(7)16/h2-3,17H,1H3. The van der Waals surface area contributed by atoms with Crippen LogP contribution in [-0.2, 0) is 0 Å². The number of hydrogen-bond donors (Lipinski definition) is 1. The van der Waals surface area contributed by atoms with Gasteiger partial charge in [0.1, 0.15) is 0 Å². The number of nitrogens with zero attached hydrogens (tertiary/aromatic N) is 3. The first kappa shape index (κ1) is 11.2. The predicted molar refractivity (Wildman–Crippen MR) is 58.8 cm³/mol. The Morgan fingerprint density at radius 3 is 2.82 bits per heavy atom. The third-order valence-electron chi connectivity index (χ3n) is 2.41. The van der Waals surface area contributed by atoms with E-state index in [9.17, 15) is 15.2 Å². The molecule has 1 aromatic heterocycles. The van der Waals surface area contributed by atoms with Crippen LogP contribution in [0.1, 0.15) is 11.3 Å². The Bertz CT molecular complexity index is 730. The maximum Gasteiger partial charge on any atom is 0.368 e. The lowest BCUT2D eigenvalue weighted by atomic mass is 10.2. The molecule has 2 rings (SSSR count). The first-order chi connectivity index (χ1) is 7.97. The lowest BCUT2D eigenvalue weighted by molar-refractivity contribution is -0.581. The van der Waals surface area contributed by atoms with E-state index in [1.807, 2.05) is 0 Å². The molecule has 0 fully saturated rings. The molecule has 1 aromatic carbocycles. The van der Waals surface area contributed by atoms with Crippen molar-refractivity contribution >= 4 is 22.6 Å². The van der Waals surface area contributed by atoms with E-state index in [2.05, 4.69) is 0 Å². The fraction of sp³-hybridized carbons (Fsp3) is 0.100. The number of fused-ring (bicyclic) bond motifs is 1. The number of nitriles is 1. The van der Waals surface area contributed by atoms with Crippen LogP contribution in [0.4, 0.5) is 0 Å². The molecule has 0 amide bonds. The van der Waals surface area contributed by atoms with E-state index in [0.29, 0.717) is 10.6 Å². The second-order valence-corrected chi connectivity index (χ2v) is 3.87. The van der Waals surface area contributed by atoms with E-state index in [1.165, 1.54) is 18.2 Å². The highest BCUT2D eigenvalue weighted by molar-refractivity contribution is 6.32. The monoisotopic (exact) mass is 251 g/mol. The zero-order valence-corrected chi connectivity index (χ0v) is 9.39. The SMILES string of the molecule is Cc1cc2c(cc1Cl)n(O)c(=O)c(C#N)[n+]2[O-]. The van der Waals surface area contributed by atoms with Crippen LogP contribution in [0, 0.1) is 23.5 Å². The van der Waals surface area contributed by atoms with Gasteiger partial charge in [0.25, 0.3) is 0 Å². The number of hydrogen-bond acceptors (Lipinski definition) is 4. The van der Waals surface area contributed by atoms with Crippen LogP contribution < -0.4 is 10.3 Å². The maximum atomic E-state index is 11.7. The second kappa shape index (κ2) is 3.64. The van der Waals surface area contributed by atoms with Crippen molar-refractivity contribution in [3.8, 4) is 6.07 Å². The summed E-state index contributed by atoms with van der Waals surface area (Å²) in [4.78, 5) is 11.5. The molecule has 0 aliphatic carbocycles. The Kier molecular flexibility index (Phi) is 2.41. The Labute approximate surface area is 100 Å². The molecule has 2 aromatic rings. The normalized spacial score (nSPS) is 10.4. The fourth-order valence-electron chi connectivity index (χ4n) is 1.50. The summed E-state index contributed by atoms with van der Waals surface area (Å²) in [6.07, 6.45) is 0. The molecule has 0 atom stereocenters. The molecule has 0 saturated heterocycles. The van der Waals surface area contributed by atoms with Gasteiger partial charge >= 0.3 is 11.3 Å². The first-order valence-corrected chi connectivity index (χ1v) is 4.93. The maximum absolute atomic E-state index is 11.7. The van der Waals surface area contributed by atoms with Crippen molar-refractivity contribution in [2.45, 2.75) is 6.92 Å². The van der Waals surface area contributed by atoms with E-state index in [4.69, 9.17) is 16.9 Å². The highest BCUT2D eigenvalue weighted by Crippen LogP contribution is 2.20. The molecular formula is C10H6ClN3O3. The number of aryl methyl sites for hydroxylation is 1. The summed E-state index contributed by atoms with van der Waals surface area (Å²) in [7, 11) is 0. The van der Waals surface area contributed by atoms with Crippen LogP contribution in [-0.4, -0.2) is 9.94 Å². The van der Waals surface area contributed by atoms with Crippen molar-refractivity contribution < 1.29 is 9.94 Å². The molecule has 1 N–H and O–H groups in total. The number of benzene rings is 1. The summed E-state index contributed by atoms with van der Waals surface area (Å²) in [5.41, 5.74) is -1.20. The Morgan fingerprint density at radius 1 is 1.59 bits per heavy atom. The van der Waals surface area contributed by atoms with Gasteiger partial charge in [-0.25, -0.2) is 0 Å². The highest BCUT2D eigenvalue weighted by atomic mass is 35.5. The van der Waals surface area contributed by atoms with Gasteiger partial charge in [0.15, 0.2) is 11.6 Å². The van der Waals surface area contributed by atoms with Crippen molar-refractivity contribution in [3.63, 3.8) is 0 Å². The molecule has 7 heteroatoms. The van der Waals surface area contributed by atoms with E-state index in [0.717, 1.165) is 0 Å². The van der Waals surface area contributed by atoms with E-state index in [-0.39, 0.29) is 20.5 Å². The largest absolute Gasteiger partial charge is 0.617 e. The van der Waals surface area contributed by atoms with Crippen LogP contribution in [0.2, 0.25) is 5.02 Å². The summed E-state index contributed by atoms with van der Waals surface area (Å²) < 4.78 is 0.432.